The molecule has 0 bridgehead atoms. The molecule has 19 heavy (non-hydrogen) atoms. The van der Waals surface area contributed by atoms with Gasteiger partial charge in [-0.2, -0.15) is 0 Å². The van der Waals surface area contributed by atoms with Gasteiger partial charge in [-0.1, -0.05) is 12.8 Å². The largest absolute Gasteiger partial charge is 0.468 e. The van der Waals surface area contributed by atoms with Crippen LogP contribution >= 0.6 is 0 Å². The van der Waals surface area contributed by atoms with Gasteiger partial charge in [-0.3, -0.25) is 0 Å². The number of nitrogens with one attached hydrogen (secondary N) is 1. The highest BCUT2D eigenvalue weighted by Crippen LogP contribution is 2.26. The fourth-order valence-electron chi connectivity index (χ4n) is 3.54. The minimum absolute atomic E-state index is 0.671. The summed E-state index contributed by atoms with van der Waals surface area (Å²) in [6.07, 6.45) is 10.2. The highest BCUT2D eigenvalue weighted by molar-refractivity contribution is 4.98. The lowest BCUT2D eigenvalue weighted by molar-refractivity contribution is 0.171. The van der Waals surface area contributed by atoms with Crippen molar-refractivity contribution >= 4 is 0 Å². The van der Waals surface area contributed by atoms with E-state index in [0.29, 0.717) is 6.04 Å². The average molecular weight is 262 g/mol. The second-order valence-electron chi connectivity index (χ2n) is 6.19. The van der Waals surface area contributed by atoms with Gasteiger partial charge in [-0.05, 0) is 56.8 Å². The van der Waals surface area contributed by atoms with E-state index < -0.39 is 0 Å². The molecule has 0 unspecified atom stereocenters. The third-order valence-corrected chi connectivity index (χ3v) is 4.72. The van der Waals surface area contributed by atoms with Crippen molar-refractivity contribution in [2.75, 3.05) is 19.6 Å². The van der Waals surface area contributed by atoms with Crippen molar-refractivity contribution in [3.63, 3.8) is 0 Å². The molecule has 0 atom stereocenters. The number of likely N-dealkylation sites (tertiary alicyclic amines) is 1. The second kappa shape index (κ2) is 6.58. The van der Waals surface area contributed by atoms with Crippen LogP contribution in [0.15, 0.2) is 22.8 Å². The molecule has 1 saturated carbocycles. The summed E-state index contributed by atoms with van der Waals surface area (Å²) in [6, 6.07) is 4.67. The maximum absolute atomic E-state index is 5.36. The van der Waals surface area contributed by atoms with Crippen molar-refractivity contribution in [3.05, 3.63) is 24.2 Å². The first-order valence-electron chi connectivity index (χ1n) is 7.88. The molecule has 2 aliphatic rings. The number of nitrogens with zero attached hydrogens (tertiary/aromatic N) is 1. The fourth-order valence-corrected chi connectivity index (χ4v) is 3.54. The van der Waals surface area contributed by atoms with E-state index in [1.165, 1.54) is 58.2 Å². The van der Waals surface area contributed by atoms with E-state index in [-0.39, 0.29) is 0 Å². The second-order valence-corrected chi connectivity index (χ2v) is 6.19. The van der Waals surface area contributed by atoms with Crippen LogP contribution in [0.5, 0.6) is 0 Å². The number of rotatable bonds is 5. The molecule has 3 heteroatoms. The zero-order valence-corrected chi connectivity index (χ0v) is 11.8. The lowest BCUT2D eigenvalue weighted by atomic mass is 10.0. The van der Waals surface area contributed by atoms with Crippen LogP contribution in [-0.4, -0.2) is 30.6 Å². The van der Waals surface area contributed by atoms with Crippen molar-refractivity contribution < 1.29 is 4.42 Å². The molecule has 106 valence electrons. The normalized spacial score (nSPS) is 23.2. The third-order valence-electron chi connectivity index (χ3n) is 4.72. The summed E-state index contributed by atoms with van der Waals surface area (Å²) in [7, 11) is 0. The Balaban J connectivity index is 1.34. The quantitative estimate of drug-likeness (QED) is 0.884. The van der Waals surface area contributed by atoms with Gasteiger partial charge in [0.25, 0.3) is 0 Å². The van der Waals surface area contributed by atoms with Crippen LogP contribution in [0.4, 0.5) is 0 Å². The highest BCUT2D eigenvalue weighted by atomic mass is 16.3. The molecule has 3 nitrogen and oxygen atoms in total. The van der Waals surface area contributed by atoms with Gasteiger partial charge in [-0.15, -0.1) is 0 Å². The molecule has 2 heterocycles. The average Bonchev–Trinajstić information content (AvgIpc) is 3.11. The molecular weight excluding hydrogens is 236 g/mol. The first-order valence-corrected chi connectivity index (χ1v) is 7.88. The van der Waals surface area contributed by atoms with Crippen molar-refractivity contribution in [2.45, 2.75) is 51.1 Å². The predicted octanol–water partition coefficient (Wildman–Crippen LogP) is 3.02. The van der Waals surface area contributed by atoms with Gasteiger partial charge in [0.15, 0.2) is 0 Å². The number of piperidine rings is 1. The summed E-state index contributed by atoms with van der Waals surface area (Å²) in [6.45, 7) is 4.77. The van der Waals surface area contributed by atoms with Crippen LogP contribution in [0, 0.1) is 5.92 Å². The Bertz CT molecular complexity index is 349. The molecule has 1 aromatic rings. The topological polar surface area (TPSA) is 28.4 Å². The summed E-state index contributed by atoms with van der Waals surface area (Å²) in [4.78, 5) is 2.68. The van der Waals surface area contributed by atoms with Gasteiger partial charge in [0, 0.05) is 12.6 Å². The molecule has 0 spiro atoms. The SMILES string of the molecule is c1coc(CNC2CCN(CC3CCCC3)CC2)c1. The molecule has 1 aromatic heterocycles. The lowest BCUT2D eigenvalue weighted by Crippen LogP contribution is -2.43. The summed E-state index contributed by atoms with van der Waals surface area (Å²) >= 11 is 0. The summed E-state index contributed by atoms with van der Waals surface area (Å²) < 4.78 is 5.36. The molecule has 0 amide bonds. The lowest BCUT2D eigenvalue weighted by Gasteiger charge is -2.33. The number of furan rings is 1. The zero-order valence-electron chi connectivity index (χ0n) is 11.8. The third kappa shape index (κ3) is 3.83. The summed E-state index contributed by atoms with van der Waals surface area (Å²) in [5.74, 6) is 2.04. The van der Waals surface area contributed by atoms with Crippen LogP contribution in [0.2, 0.25) is 0 Å². The fraction of sp³-hybridized carbons (Fsp3) is 0.750. The van der Waals surface area contributed by atoms with Crippen LogP contribution in [0.3, 0.4) is 0 Å². The Morgan fingerprint density at radius 2 is 1.95 bits per heavy atom. The number of hydrogen-bond acceptors (Lipinski definition) is 3. The van der Waals surface area contributed by atoms with E-state index in [1.54, 1.807) is 6.26 Å². The standard InChI is InChI=1S/C16H26N2O/c1-2-5-14(4-1)13-18-9-7-15(8-10-18)17-12-16-6-3-11-19-16/h3,6,11,14-15,17H,1-2,4-5,7-10,12-13H2. The molecule has 2 fully saturated rings. The van der Waals surface area contributed by atoms with Gasteiger partial charge in [0.05, 0.1) is 12.8 Å². The minimum atomic E-state index is 0.671. The maximum atomic E-state index is 5.36. The first-order chi connectivity index (χ1) is 9.40. The number of hydrogen-bond donors (Lipinski definition) is 1. The van der Waals surface area contributed by atoms with Gasteiger partial charge < -0.3 is 14.6 Å². The highest BCUT2D eigenvalue weighted by Gasteiger charge is 2.23. The Hall–Kier alpha value is -0.800. The van der Waals surface area contributed by atoms with E-state index in [4.69, 9.17) is 4.42 Å². The van der Waals surface area contributed by atoms with E-state index in [9.17, 15) is 0 Å². The Morgan fingerprint density at radius 1 is 1.16 bits per heavy atom. The van der Waals surface area contributed by atoms with Gasteiger partial charge >= 0.3 is 0 Å². The summed E-state index contributed by atoms with van der Waals surface area (Å²) in [5.41, 5.74) is 0. The van der Waals surface area contributed by atoms with Crippen molar-refractivity contribution in [1.29, 1.82) is 0 Å². The molecule has 1 aliphatic carbocycles. The predicted molar refractivity (Wildman–Crippen MR) is 77.0 cm³/mol. The molecule has 1 N–H and O–H groups in total. The first kappa shape index (κ1) is 13.2. The van der Waals surface area contributed by atoms with E-state index in [0.717, 1.165) is 18.2 Å². The molecule has 1 saturated heterocycles. The van der Waals surface area contributed by atoms with Gasteiger partial charge in [0.2, 0.25) is 0 Å². The van der Waals surface area contributed by atoms with Crippen LogP contribution in [0.1, 0.15) is 44.3 Å². The maximum Gasteiger partial charge on any atom is 0.117 e. The molecule has 0 aromatic carbocycles. The molecular formula is C16H26N2O. The smallest absolute Gasteiger partial charge is 0.117 e. The van der Waals surface area contributed by atoms with E-state index >= 15 is 0 Å². The van der Waals surface area contributed by atoms with Crippen molar-refractivity contribution in [3.8, 4) is 0 Å². The zero-order chi connectivity index (χ0) is 12.9. The Morgan fingerprint density at radius 3 is 2.63 bits per heavy atom. The van der Waals surface area contributed by atoms with Crippen molar-refractivity contribution in [2.24, 2.45) is 5.92 Å². The Labute approximate surface area is 116 Å². The molecule has 3 rings (SSSR count). The summed E-state index contributed by atoms with van der Waals surface area (Å²) in [5, 5.41) is 3.62. The van der Waals surface area contributed by atoms with Crippen LogP contribution < -0.4 is 5.32 Å². The van der Waals surface area contributed by atoms with E-state index in [1.807, 2.05) is 12.1 Å². The molecule has 0 radical (unpaired) electrons. The monoisotopic (exact) mass is 262 g/mol. The minimum Gasteiger partial charge on any atom is -0.468 e. The van der Waals surface area contributed by atoms with Crippen molar-refractivity contribution in [1.82, 2.24) is 10.2 Å². The van der Waals surface area contributed by atoms with Gasteiger partial charge in [-0.25, -0.2) is 0 Å². The van der Waals surface area contributed by atoms with E-state index in [2.05, 4.69) is 10.2 Å². The molecule has 1 aliphatic heterocycles. The Kier molecular flexibility index (Phi) is 4.57. The van der Waals surface area contributed by atoms with Crippen LogP contribution in [0.25, 0.3) is 0 Å². The van der Waals surface area contributed by atoms with Crippen LogP contribution in [-0.2, 0) is 6.54 Å². The van der Waals surface area contributed by atoms with Gasteiger partial charge in [0.1, 0.15) is 5.76 Å².